The Hall–Kier alpha value is -0.120. The second kappa shape index (κ2) is 3.91. The summed E-state index contributed by atoms with van der Waals surface area (Å²) in [5, 5.41) is 3.26. The van der Waals surface area contributed by atoms with E-state index >= 15 is 0 Å². The molecule has 0 unspecified atom stereocenters. The fraction of sp³-hybridized carbons (Fsp3) is 1.00. The molecule has 0 spiro atoms. The molecule has 0 aliphatic carbocycles. The van der Waals surface area contributed by atoms with Crippen molar-refractivity contribution in [3.05, 3.63) is 0 Å². The first kappa shape index (κ1) is 7.98. The molecule has 60 valence electrons. The molecule has 0 bridgehead atoms. The molecule has 3 nitrogen and oxygen atoms in total. The normalized spacial score (nSPS) is 34.2. The molecule has 1 aliphatic rings. The molecule has 1 rings (SSSR count). The monoisotopic (exact) mass is 145 g/mol. The largest absolute Gasteiger partial charge is 0.382 e. The molecule has 0 aromatic heterocycles. The summed E-state index contributed by atoms with van der Waals surface area (Å²) in [7, 11) is 1.70. The SMILES string of the molecule is COC[C@@H]1CNC[C@@H](C)O1. The van der Waals surface area contributed by atoms with Gasteiger partial charge in [-0.15, -0.1) is 0 Å². The van der Waals surface area contributed by atoms with Gasteiger partial charge in [0.05, 0.1) is 18.8 Å². The van der Waals surface area contributed by atoms with E-state index < -0.39 is 0 Å². The van der Waals surface area contributed by atoms with E-state index in [0.717, 1.165) is 13.1 Å². The molecule has 1 fully saturated rings. The summed E-state index contributed by atoms with van der Waals surface area (Å²) in [5.41, 5.74) is 0. The number of rotatable bonds is 2. The maximum atomic E-state index is 5.54. The van der Waals surface area contributed by atoms with Crippen LogP contribution in [0.4, 0.5) is 0 Å². The van der Waals surface area contributed by atoms with E-state index in [4.69, 9.17) is 9.47 Å². The third-order valence-corrected chi connectivity index (χ3v) is 1.58. The van der Waals surface area contributed by atoms with E-state index in [9.17, 15) is 0 Å². The quantitative estimate of drug-likeness (QED) is 0.593. The van der Waals surface area contributed by atoms with E-state index in [0.29, 0.717) is 12.7 Å². The molecule has 0 saturated carbocycles. The zero-order valence-electron chi connectivity index (χ0n) is 6.59. The summed E-state index contributed by atoms with van der Waals surface area (Å²) in [5.74, 6) is 0. The van der Waals surface area contributed by atoms with Crippen molar-refractivity contribution in [2.24, 2.45) is 0 Å². The zero-order chi connectivity index (χ0) is 7.40. The molecule has 0 amide bonds. The Morgan fingerprint density at radius 2 is 2.40 bits per heavy atom. The number of methoxy groups -OCH3 is 1. The lowest BCUT2D eigenvalue weighted by Gasteiger charge is -2.27. The van der Waals surface area contributed by atoms with Gasteiger partial charge >= 0.3 is 0 Å². The molecule has 1 N–H and O–H groups in total. The van der Waals surface area contributed by atoms with Crippen LogP contribution in [0, 0.1) is 0 Å². The fourth-order valence-electron chi connectivity index (χ4n) is 1.16. The van der Waals surface area contributed by atoms with Gasteiger partial charge in [0.1, 0.15) is 0 Å². The van der Waals surface area contributed by atoms with Crippen molar-refractivity contribution >= 4 is 0 Å². The molecule has 0 aromatic carbocycles. The van der Waals surface area contributed by atoms with Gasteiger partial charge in [-0.3, -0.25) is 0 Å². The highest BCUT2D eigenvalue weighted by Gasteiger charge is 2.17. The molecular formula is C7H15NO2. The molecule has 1 aliphatic heterocycles. The Labute approximate surface area is 61.7 Å². The third-order valence-electron chi connectivity index (χ3n) is 1.58. The van der Waals surface area contributed by atoms with Gasteiger partial charge in [0, 0.05) is 20.2 Å². The van der Waals surface area contributed by atoms with Crippen LogP contribution in [0.2, 0.25) is 0 Å². The standard InChI is InChI=1S/C7H15NO2/c1-6-3-8-4-7(10-6)5-9-2/h6-8H,3-5H2,1-2H3/t6-,7+/m1/s1. The van der Waals surface area contributed by atoms with Crippen LogP contribution in [0.5, 0.6) is 0 Å². The second-order valence-corrected chi connectivity index (χ2v) is 2.68. The minimum Gasteiger partial charge on any atom is -0.382 e. The Balaban J connectivity index is 2.18. The topological polar surface area (TPSA) is 30.5 Å². The van der Waals surface area contributed by atoms with Crippen molar-refractivity contribution in [2.75, 3.05) is 26.8 Å². The average Bonchev–Trinajstić information content (AvgIpc) is 1.88. The lowest BCUT2D eigenvalue weighted by atomic mass is 10.2. The molecule has 3 heteroatoms. The number of hydrogen-bond acceptors (Lipinski definition) is 3. The van der Waals surface area contributed by atoms with Crippen LogP contribution in [-0.4, -0.2) is 39.0 Å². The number of hydrogen-bond donors (Lipinski definition) is 1. The molecule has 2 atom stereocenters. The Kier molecular flexibility index (Phi) is 3.12. The maximum absolute atomic E-state index is 5.54. The zero-order valence-corrected chi connectivity index (χ0v) is 6.59. The highest BCUT2D eigenvalue weighted by atomic mass is 16.5. The van der Waals surface area contributed by atoms with Crippen LogP contribution in [0.15, 0.2) is 0 Å². The van der Waals surface area contributed by atoms with E-state index in [1.54, 1.807) is 7.11 Å². The van der Waals surface area contributed by atoms with E-state index in [1.807, 2.05) is 0 Å². The van der Waals surface area contributed by atoms with Crippen molar-refractivity contribution in [1.82, 2.24) is 5.32 Å². The maximum Gasteiger partial charge on any atom is 0.0936 e. The Morgan fingerprint density at radius 1 is 1.60 bits per heavy atom. The van der Waals surface area contributed by atoms with Crippen LogP contribution in [0.1, 0.15) is 6.92 Å². The second-order valence-electron chi connectivity index (χ2n) is 2.68. The lowest BCUT2D eigenvalue weighted by molar-refractivity contribution is -0.0602. The van der Waals surface area contributed by atoms with Crippen molar-refractivity contribution < 1.29 is 9.47 Å². The van der Waals surface area contributed by atoms with E-state index in [-0.39, 0.29) is 6.10 Å². The third kappa shape index (κ3) is 2.25. The van der Waals surface area contributed by atoms with Crippen molar-refractivity contribution in [2.45, 2.75) is 19.1 Å². The first-order chi connectivity index (χ1) is 4.83. The molecule has 1 saturated heterocycles. The van der Waals surface area contributed by atoms with E-state index in [1.165, 1.54) is 0 Å². The number of nitrogens with one attached hydrogen (secondary N) is 1. The van der Waals surface area contributed by atoms with Crippen LogP contribution in [0.3, 0.4) is 0 Å². The molecule has 10 heavy (non-hydrogen) atoms. The fourth-order valence-corrected chi connectivity index (χ4v) is 1.16. The van der Waals surface area contributed by atoms with E-state index in [2.05, 4.69) is 12.2 Å². The van der Waals surface area contributed by atoms with Gasteiger partial charge in [0.25, 0.3) is 0 Å². The molecule has 0 aromatic rings. The van der Waals surface area contributed by atoms with Gasteiger partial charge in [-0.2, -0.15) is 0 Å². The highest BCUT2D eigenvalue weighted by Crippen LogP contribution is 2.02. The van der Waals surface area contributed by atoms with Gasteiger partial charge in [-0.25, -0.2) is 0 Å². The van der Waals surface area contributed by atoms with Crippen LogP contribution in [-0.2, 0) is 9.47 Å². The summed E-state index contributed by atoms with van der Waals surface area (Å²) < 4.78 is 10.5. The van der Waals surface area contributed by atoms with Gasteiger partial charge in [0.15, 0.2) is 0 Å². The van der Waals surface area contributed by atoms with Gasteiger partial charge < -0.3 is 14.8 Å². The average molecular weight is 145 g/mol. The smallest absolute Gasteiger partial charge is 0.0936 e. The molecule has 0 radical (unpaired) electrons. The lowest BCUT2D eigenvalue weighted by Crippen LogP contribution is -2.45. The molecule has 1 heterocycles. The van der Waals surface area contributed by atoms with Gasteiger partial charge in [-0.1, -0.05) is 0 Å². The van der Waals surface area contributed by atoms with Crippen LogP contribution >= 0.6 is 0 Å². The minimum atomic E-state index is 0.244. The number of ether oxygens (including phenoxy) is 2. The summed E-state index contributed by atoms with van der Waals surface area (Å²) in [4.78, 5) is 0. The van der Waals surface area contributed by atoms with Crippen LogP contribution in [0.25, 0.3) is 0 Å². The van der Waals surface area contributed by atoms with Crippen LogP contribution < -0.4 is 5.32 Å². The Morgan fingerprint density at radius 3 is 3.00 bits per heavy atom. The molecular weight excluding hydrogens is 130 g/mol. The highest BCUT2D eigenvalue weighted by molar-refractivity contribution is 4.70. The predicted molar refractivity (Wildman–Crippen MR) is 39.1 cm³/mol. The Bertz CT molecular complexity index is 95.6. The first-order valence-electron chi connectivity index (χ1n) is 3.68. The first-order valence-corrected chi connectivity index (χ1v) is 3.68. The van der Waals surface area contributed by atoms with Crippen molar-refractivity contribution in [3.8, 4) is 0 Å². The van der Waals surface area contributed by atoms with Gasteiger partial charge in [-0.05, 0) is 6.92 Å². The predicted octanol–water partition coefficient (Wildman–Crippen LogP) is 0.00970. The van der Waals surface area contributed by atoms with Gasteiger partial charge in [0.2, 0.25) is 0 Å². The van der Waals surface area contributed by atoms with Crippen molar-refractivity contribution in [3.63, 3.8) is 0 Å². The summed E-state index contributed by atoms with van der Waals surface area (Å²) in [6, 6.07) is 0. The minimum absolute atomic E-state index is 0.244. The number of morpholine rings is 1. The summed E-state index contributed by atoms with van der Waals surface area (Å²) in [6.07, 6.45) is 0.572. The van der Waals surface area contributed by atoms with Crippen molar-refractivity contribution in [1.29, 1.82) is 0 Å². The summed E-state index contributed by atoms with van der Waals surface area (Å²) in [6.45, 7) is 4.63. The summed E-state index contributed by atoms with van der Waals surface area (Å²) >= 11 is 0.